The number of carbonyl (C=O) groups excluding carboxylic acids is 2. The van der Waals surface area contributed by atoms with Gasteiger partial charge < -0.3 is 10.6 Å². The van der Waals surface area contributed by atoms with Crippen LogP contribution < -0.4 is 10.6 Å². The monoisotopic (exact) mass is 398 g/mol. The van der Waals surface area contributed by atoms with Crippen molar-refractivity contribution in [2.24, 2.45) is 0 Å². The van der Waals surface area contributed by atoms with Crippen molar-refractivity contribution >= 4 is 28.5 Å². The van der Waals surface area contributed by atoms with Crippen molar-refractivity contribution in [3.8, 4) is 5.69 Å². The largest absolute Gasteiger partial charge is 0.352 e. The van der Waals surface area contributed by atoms with E-state index in [2.05, 4.69) is 15.6 Å². The standard InChI is InChI=1S/C24H22N4O2/c1-17-5-4-6-18(15-17)24(30)25-14-13-23(29)27-19-9-11-20(12-10-19)28-16-26-21-7-2-3-8-22(21)28/h2-12,15-16H,13-14H2,1H3,(H,25,30)(H,27,29). The molecule has 30 heavy (non-hydrogen) atoms. The minimum atomic E-state index is -0.177. The SMILES string of the molecule is Cc1cccc(C(=O)NCCC(=O)Nc2ccc(-n3cnc4ccccc43)cc2)c1. The van der Waals surface area contributed by atoms with Gasteiger partial charge in [0.25, 0.3) is 5.91 Å². The molecule has 1 aromatic heterocycles. The predicted octanol–water partition coefficient (Wildman–Crippen LogP) is 4.09. The van der Waals surface area contributed by atoms with Gasteiger partial charge >= 0.3 is 0 Å². The maximum Gasteiger partial charge on any atom is 0.251 e. The number of anilines is 1. The minimum Gasteiger partial charge on any atom is -0.352 e. The van der Waals surface area contributed by atoms with E-state index in [1.165, 1.54) is 0 Å². The molecule has 0 aliphatic carbocycles. The average molecular weight is 398 g/mol. The molecule has 0 spiro atoms. The highest BCUT2D eigenvalue weighted by Crippen LogP contribution is 2.19. The number of nitrogens with one attached hydrogen (secondary N) is 2. The van der Waals surface area contributed by atoms with E-state index in [9.17, 15) is 9.59 Å². The third-order valence-corrected chi connectivity index (χ3v) is 4.80. The molecule has 0 saturated heterocycles. The topological polar surface area (TPSA) is 76.0 Å². The summed E-state index contributed by atoms with van der Waals surface area (Å²) < 4.78 is 2.00. The van der Waals surface area contributed by atoms with E-state index >= 15 is 0 Å². The number of hydrogen-bond acceptors (Lipinski definition) is 3. The Balaban J connectivity index is 1.31. The molecule has 4 rings (SSSR count). The van der Waals surface area contributed by atoms with Gasteiger partial charge in [-0.05, 0) is 55.5 Å². The number of amides is 2. The fraction of sp³-hybridized carbons (Fsp3) is 0.125. The summed E-state index contributed by atoms with van der Waals surface area (Å²) in [6, 6.07) is 22.9. The van der Waals surface area contributed by atoms with Crippen molar-refractivity contribution in [3.05, 3.63) is 90.3 Å². The summed E-state index contributed by atoms with van der Waals surface area (Å²) in [5, 5.41) is 5.64. The van der Waals surface area contributed by atoms with Crippen molar-refractivity contribution in [3.63, 3.8) is 0 Å². The zero-order valence-corrected chi connectivity index (χ0v) is 16.6. The summed E-state index contributed by atoms with van der Waals surface area (Å²) in [5.74, 6) is -0.330. The first-order chi connectivity index (χ1) is 14.6. The van der Waals surface area contributed by atoms with E-state index in [1.807, 2.05) is 78.2 Å². The molecular weight excluding hydrogens is 376 g/mol. The van der Waals surface area contributed by atoms with Crippen LogP contribution in [0.2, 0.25) is 0 Å². The molecule has 0 radical (unpaired) electrons. The number of para-hydroxylation sites is 2. The number of benzene rings is 3. The van der Waals surface area contributed by atoms with Crippen LogP contribution >= 0.6 is 0 Å². The predicted molar refractivity (Wildman–Crippen MR) is 118 cm³/mol. The molecule has 6 nitrogen and oxygen atoms in total. The molecule has 4 aromatic rings. The summed E-state index contributed by atoms with van der Waals surface area (Å²) in [6.45, 7) is 2.21. The van der Waals surface area contributed by atoms with E-state index < -0.39 is 0 Å². The van der Waals surface area contributed by atoms with Crippen LogP contribution in [0.5, 0.6) is 0 Å². The molecule has 1 heterocycles. The van der Waals surface area contributed by atoms with E-state index in [-0.39, 0.29) is 24.8 Å². The molecule has 0 aliphatic heterocycles. The molecule has 150 valence electrons. The lowest BCUT2D eigenvalue weighted by Crippen LogP contribution is -2.27. The summed E-state index contributed by atoms with van der Waals surface area (Å²) in [6.07, 6.45) is 1.99. The molecule has 3 aromatic carbocycles. The second-order valence-corrected chi connectivity index (χ2v) is 7.07. The first kappa shape index (κ1) is 19.4. The quantitative estimate of drug-likeness (QED) is 0.514. The fourth-order valence-corrected chi connectivity index (χ4v) is 3.27. The molecule has 0 unspecified atom stereocenters. The fourth-order valence-electron chi connectivity index (χ4n) is 3.27. The summed E-state index contributed by atoms with van der Waals surface area (Å²) in [5.41, 5.74) is 5.25. The van der Waals surface area contributed by atoms with E-state index in [0.717, 1.165) is 22.3 Å². The number of imidazole rings is 1. The van der Waals surface area contributed by atoms with Crippen LogP contribution in [0.1, 0.15) is 22.3 Å². The van der Waals surface area contributed by atoms with E-state index in [0.29, 0.717) is 11.3 Å². The van der Waals surface area contributed by atoms with Gasteiger partial charge in [0.05, 0.1) is 11.0 Å². The van der Waals surface area contributed by atoms with Crippen molar-refractivity contribution in [2.45, 2.75) is 13.3 Å². The van der Waals surface area contributed by atoms with E-state index in [4.69, 9.17) is 0 Å². The van der Waals surface area contributed by atoms with E-state index in [1.54, 1.807) is 12.4 Å². The Morgan fingerprint density at radius 1 is 0.967 bits per heavy atom. The van der Waals surface area contributed by atoms with Crippen LogP contribution in [-0.2, 0) is 4.79 Å². The number of rotatable bonds is 6. The normalized spacial score (nSPS) is 10.7. The number of aromatic nitrogens is 2. The minimum absolute atomic E-state index is 0.152. The summed E-state index contributed by atoms with van der Waals surface area (Å²) in [7, 11) is 0. The van der Waals surface area contributed by atoms with Crippen LogP contribution in [0.25, 0.3) is 16.7 Å². The number of nitrogens with zero attached hydrogens (tertiary/aromatic N) is 2. The smallest absolute Gasteiger partial charge is 0.251 e. The third-order valence-electron chi connectivity index (χ3n) is 4.80. The Morgan fingerprint density at radius 3 is 2.57 bits per heavy atom. The molecule has 0 fully saturated rings. The Bertz CT molecular complexity index is 1200. The second kappa shape index (κ2) is 8.61. The number of aryl methyl sites for hydroxylation is 1. The van der Waals surface area contributed by atoms with Gasteiger partial charge in [0, 0.05) is 29.9 Å². The molecule has 0 aliphatic rings. The Labute approximate surface area is 174 Å². The Kier molecular flexibility index (Phi) is 5.57. The first-order valence-corrected chi connectivity index (χ1v) is 9.77. The Hall–Kier alpha value is -3.93. The lowest BCUT2D eigenvalue weighted by atomic mass is 10.1. The average Bonchev–Trinajstić information content (AvgIpc) is 3.18. The van der Waals surface area contributed by atoms with Gasteiger partial charge in [-0.3, -0.25) is 14.2 Å². The molecule has 6 heteroatoms. The van der Waals surface area contributed by atoms with Crippen molar-refractivity contribution < 1.29 is 9.59 Å². The number of hydrogen-bond donors (Lipinski definition) is 2. The van der Waals surface area contributed by atoms with Gasteiger partial charge in [0.15, 0.2) is 0 Å². The van der Waals surface area contributed by atoms with Gasteiger partial charge in [-0.1, -0.05) is 29.8 Å². The second-order valence-electron chi connectivity index (χ2n) is 7.07. The lowest BCUT2D eigenvalue weighted by Gasteiger charge is -2.09. The maximum absolute atomic E-state index is 12.2. The highest BCUT2D eigenvalue weighted by molar-refractivity contribution is 5.95. The zero-order valence-electron chi connectivity index (χ0n) is 16.6. The molecule has 0 saturated carbocycles. The zero-order chi connectivity index (χ0) is 20.9. The van der Waals surface area contributed by atoms with Gasteiger partial charge in [-0.2, -0.15) is 0 Å². The van der Waals surface area contributed by atoms with Crippen LogP contribution in [0, 0.1) is 6.92 Å². The summed E-state index contributed by atoms with van der Waals surface area (Å²) >= 11 is 0. The maximum atomic E-state index is 12.2. The highest BCUT2D eigenvalue weighted by Gasteiger charge is 2.08. The van der Waals surface area contributed by atoms with Crippen LogP contribution in [0.3, 0.4) is 0 Å². The highest BCUT2D eigenvalue weighted by atomic mass is 16.2. The van der Waals surface area contributed by atoms with Crippen LogP contribution in [0.15, 0.2) is 79.1 Å². The van der Waals surface area contributed by atoms with Crippen LogP contribution in [0.4, 0.5) is 5.69 Å². The Morgan fingerprint density at radius 2 is 1.77 bits per heavy atom. The van der Waals surface area contributed by atoms with Crippen molar-refractivity contribution in [2.75, 3.05) is 11.9 Å². The number of fused-ring (bicyclic) bond motifs is 1. The molecule has 0 atom stereocenters. The summed E-state index contributed by atoms with van der Waals surface area (Å²) in [4.78, 5) is 28.7. The molecule has 2 amide bonds. The van der Waals surface area contributed by atoms with Gasteiger partial charge in [0.1, 0.15) is 6.33 Å². The first-order valence-electron chi connectivity index (χ1n) is 9.77. The van der Waals surface area contributed by atoms with Crippen molar-refractivity contribution in [1.29, 1.82) is 0 Å². The van der Waals surface area contributed by atoms with Gasteiger partial charge in [0.2, 0.25) is 5.91 Å². The molecule has 0 bridgehead atoms. The third kappa shape index (κ3) is 4.38. The lowest BCUT2D eigenvalue weighted by molar-refractivity contribution is -0.116. The molecular formula is C24H22N4O2. The van der Waals surface area contributed by atoms with Crippen molar-refractivity contribution in [1.82, 2.24) is 14.9 Å². The van der Waals surface area contributed by atoms with Gasteiger partial charge in [-0.25, -0.2) is 4.98 Å². The van der Waals surface area contributed by atoms with Gasteiger partial charge in [-0.15, -0.1) is 0 Å². The molecule has 2 N–H and O–H groups in total. The number of carbonyl (C=O) groups is 2. The van der Waals surface area contributed by atoms with Crippen LogP contribution in [-0.4, -0.2) is 27.9 Å².